The molecule has 46 heavy (non-hydrogen) atoms. The molecule has 0 saturated carbocycles. The van der Waals surface area contributed by atoms with Gasteiger partial charge >= 0.3 is 0 Å². The number of amides is 1. The van der Waals surface area contributed by atoms with Gasteiger partial charge in [-0.3, -0.25) is 19.2 Å². The summed E-state index contributed by atoms with van der Waals surface area (Å²) >= 11 is 0. The van der Waals surface area contributed by atoms with Crippen molar-refractivity contribution >= 4 is 23.3 Å². The number of nitrogens with one attached hydrogen (secondary N) is 1. The molecule has 2 aliphatic heterocycles. The monoisotopic (exact) mass is 637 g/mol. The third-order valence-corrected chi connectivity index (χ3v) is 9.67. The maximum Gasteiger partial charge on any atom is 0.251 e. The number of carbonyl (C=O) groups is 4. The van der Waals surface area contributed by atoms with Gasteiger partial charge in [0.25, 0.3) is 5.91 Å². The fraction of sp³-hybridized carbons (Fsp3) is 0.500. The molecule has 1 aromatic rings. The third-order valence-electron chi connectivity index (χ3n) is 9.67. The van der Waals surface area contributed by atoms with Gasteiger partial charge in [-0.1, -0.05) is 58.9 Å². The third kappa shape index (κ3) is 7.00. The van der Waals surface area contributed by atoms with Crippen molar-refractivity contribution < 1.29 is 44.7 Å². The molecule has 4 bridgehead atoms. The van der Waals surface area contributed by atoms with Gasteiger partial charge in [0.1, 0.15) is 5.75 Å². The number of fused-ring (bicyclic) bond motifs is 15. The van der Waals surface area contributed by atoms with E-state index in [1.54, 1.807) is 46.8 Å². The first-order valence-corrected chi connectivity index (χ1v) is 15.6. The second-order valence-electron chi connectivity index (χ2n) is 13.1. The Morgan fingerprint density at radius 1 is 0.652 bits per heavy atom. The van der Waals surface area contributed by atoms with Crippen molar-refractivity contribution in [1.29, 1.82) is 0 Å². The van der Waals surface area contributed by atoms with E-state index in [0.717, 1.165) is 0 Å². The molecule has 0 spiro atoms. The maximum atomic E-state index is 13.8. The smallest absolute Gasteiger partial charge is 0.251 e. The second-order valence-corrected chi connectivity index (χ2v) is 13.1. The molecule has 1 aliphatic carbocycles. The van der Waals surface area contributed by atoms with Gasteiger partial charge in [0.15, 0.2) is 11.6 Å². The Kier molecular flexibility index (Phi) is 11.5. The Labute approximate surface area is 270 Å². The maximum absolute atomic E-state index is 13.8. The van der Waals surface area contributed by atoms with Crippen LogP contribution in [0.2, 0.25) is 0 Å². The molecule has 6 N–H and O–H groups in total. The number of phenols is 1. The number of ketones is 3. The normalized spacial score (nSPS) is 32.3. The largest absolute Gasteiger partial charge is 0.507 e. The van der Waals surface area contributed by atoms with Gasteiger partial charge in [-0.05, 0) is 44.9 Å². The lowest BCUT2D eigenvalue weighted by Crippen LogP contribution is -2.45. The molecule has 2 heterocycles. The summed E-state index contributed by atoms with van der Waals surface area (Å²) in [6, 6.07) is 1.31. The van der Waals surface area contributed by atoms with Crippen molar-refractivity contribution in [2.24, 2.45) is 29.6 Å². The van der Waals surface area contributed by atoms with E-state index in [2.05, 4.69) is 5.32 Å². The SMILES string of the molecule is CC1=CC=CC(C)C(O)C(C)C(O)C(C)C(O)C(C)C(O)C(C)C=C(C)C(=O)c2c(O)c(C)cc3c2C(=O)C(C)=C(NC1=O)C3=O. The quantitative estimate of drug-likeness (QED) is 0.247. The molecule has 0 fully saturated rings. The lowest BCUT2D eigenvalue weighted by molar-refractivity contribution is -0.116. The summed E-state index contributed by atoms with van der Waals surface area (Å²) in [6.45, 7) is 14.1. The standard InChI is InChI=1S/C36H47NO9/c1-15-11-10-12-16(2)36(46)37-27-20(6)34(44)25-24(35(27)45)14-19(5)31(41)26(25)30(40)18(4)13-17(3)29(39)22(8)33(43)23(9)32(42)21(7)28(15)38/h10-15,17,21-23,28-29,32-33,38-39,41-43H,1-9H3,(H,37,46). The molecule has 1 aromatic carbocycles. The summed E-state index contributed by atoms with van der Waals surface area (Å²) in [7, 11) is 0. The van der Waals surface area contributed by atoms with Crippen LogP contribution in [0.4, 0.5) is 0 Å². The minimum absolute atomic E-state index is 0.0859. The van der Waals surface area contributed by atoms with Crippen molar-refractivity contribution in [3.05, 3.63) is 75.0 Å². The zero-order valence-electron chi connectivity index (χ0n) is 28.0. The van der Waals surface area contributed by atoms with E-state index in [1.165, 1.54) is 45.9 Å². The Morgan fingerprint density at radius 3 is 1.74 bits per heavy atom. The number of allylic oxidation sites excluding steroid dienone is 5. The van der Waals surface area contributed by atoms with Crippen molar-refractivity contribution in [3.8, 4) is 5.75 Å². The Morgan fingerprint density at radius 2 is 1.17 bits per heavy atom. The van der Waals surface area contributed by atoms with Crippen LogP contribution in [0.15, 0.2) is 52.8 Å². The highest BCUT2D eigenvalue weighted by Gasteiger charge is 2.39. The first-order valence-electron chi connectivity index (χ1n) is 15.6. The number of carbonyl (C=O) groups excluding carboxylic acids is 4. The highest BCUT2D eigenvalue weighted by atomic mass is 16.3. The average molecular weight is 638 g/mol. The summed E-state index contributed by atoms with van der Waals surface area (Å²) in [5.74, 6) is -6.53. The predicted molar refractivity (Wildman–Crippen MR) is 173 cm³/mol. The van der Waals surface area contributed by atoms with Crippen molar-refractivity contribution in [2.45, 2.75) is 86.7 Å². The molecular weight excluding hydrogens is 590 g/mol. The van der Waals surface area contributed by atoms with Gasteiger partial charge in [-0.25, -0.2) is 0 Å². The second kappa shape index (κ2) is 14.4. The predicted octanol–water partition coefficient (Wildman–Crippen LogP) is 3.74. The first kappa shape index (κ1) is 36.8. The van der Waals surface area contributed by atoms with E-state index in [0.29, 0.717) is 0 Å². The van der Waals surface area contributed by atoms with E-state index in [-0.39, 0.29) is 44.7 Å². The van der Waals surface area contributed by atoms with Gasteiger partial charge in [-0.2, -0.15) is 0 Å². The minimum Gasteiger partial charge on any atom is -0.507 e. The fourth-order valence-corrected chi connectivity index (χ4v) is 6.26. The molecule has 250 valence electrons. The fourth-order valence-electron chi connectivity index (χ4n) is 6.26. The van der Waals surface area contributed by atoms with E-state index in [1.807, 2.05) is 0 Å². The number of aromatic hydroxyl groups is 1. The van der Waals surface area contributed by atoms with Gasteiger partial charge < -0.3 is 30.8 Å². The first-order chi connectivity index (χ1) is 21.3. The van der Waals surface area contributed by atoms with E-state index in [4.69, 9.17) is 0 Å². The number of benzene rings is 1. The molecule has 10 heteroatoms. The van der Waals surface area contributed by atoms with Crippen molar-refractivity contribution in [1.82, 2.24) is 5.32 Å². The van der Waals surface area contributed by atoms with Crippen molar-refractivity contribution in [3.63, 3.8) is 0 Å². The number of hydrogen-bond acceptors (Lipinski definition) is 9. The van der Waals surface area contributed by atoms with Crippen LogP contribution in [-0.2, 0) is 4.79 Å². The lowest BCUT2D eigenvalue weighted by Gasteiger charge is -2.36. The summed E-state index contributed by atoms with van der Waals surface area (Å²) in [5, 5.41) is 57.9. The van der Waals surface area contributed by atoms with Gasteiger partial charge in [0.05, 0.1) is 35.7 Å². The minimum atomic E-state index is -1.18. The van der Waals surface area contributed by atoms with Crippen LogP contribution >= 0.6 is 0 Å². The van der Waals surface area contributed by atoms with E-state index >= 15 is 0 Å². The number of phenolic OH excluding ortho intramolecular Hbond substituents is 1. The summed E-state index contributed by atoms with van der Waals surface area (Å²) in [4.78, 5) is 54.3. The van der Waals surface area contributed by atoms with Crippen LogP contribution in [0, 0.1) is 36.5 Å². The topological polar surface area (TPSA) is 181 Å². The number of aliphatic hydroxyl groups excluding tert-OH is 4. The highest BCUT2D eigenvalue weighted by molar-refractivity contribution is 6.31. The number of rotatable bonds is 0. The molecule has 0 aromatic heterocycles. The van der Waals surface area contributed by atoms with Crippen LogP contribution in [0.5, 0.6) is 5.75 Å². The number of aryl methyl sites for hydroxylation is 1. The molecule has 9 unspecified atom stereocenters. The van der Waals surface area contributed by atoms with Gasteiger partial charge in [0, 0.05) is 51.9 Å². The van der Waals surface area contributed by atoms with Crippen LogP contribution in [-0.4, -0.2) is 73.2 Å². The molecule has 9 atom stereocenters. The Hall–Kier alpha value is -3.70. The van der Waals surface area contributed by atoms with Crippen LogP contribution in [0.1, 0.15) is 92.0 Å². The van der Waals surface area contributed by atoms with Crippen molar-refractivity contribution in [2.75, 3.05) is 0 Å². The van der Waals surface area contributed by atoms with Gasteiger partial charge in [-0.15, -0.1) is 0 Å². The lowest BCUT2D eigenvalue weighted by atomic mass is 9.77. The molecule has 1 amide bonds. The zero-order valence-corrected chi connectivity index (χ0v) is 28.0. The highest BCUT2D eigenvalue weighted by Crippen LogP contribution is 2.37. The molecule has 4 rings (SSSR count). The van der Waals surface area contributed by atoms with E-state index in [9.17, 15) is 44.7 Å². The van der Waals surface area contributed by atoms with Crippen LogP contribution in [0.25, 0.3) is 0 Å². The molecule has 10 nitrogen and oxygen atoms in total. The number of hydrogen-bond donors (Lipinski definition) is 6. The molecular formula is C36H47NO9. The molecule has 0 saturated heterocycles. The molecule has 0 radical (unpaired) electrons. The van der Waals surface area contributed by atoms with Gasteiger partial charge in [0.2, 0.25) is 5.78 Å². The van der Waals surface area contributed by atoms with Crippen LogP contribution < -0.4 is 5.32 Å². The number of aliphatic hydroxyl groups is 4. The summed E-state index contributed by atoms with van der Waals surface area (Å²) < 4.78 is 0. The number of Topliss-reactive ketones (excluding diaryl/α,β-unsaturated/α-hetero) is 3. The summed E-state index contributed by atoms with van der Waals surface area (Å²) in [6.07, 6.45) is 1.71. The van der Waals surface area contributed by atoms with Crippen LogP contribution in [0.3, 0.4) is 0 Å². The molecule has 3 aliphatic rings. The Balaban J connectivity index is 2.20. The zero-order chi connectivity index (χ0) is 34.9. The van der Waals surface area contributed by atoms with E-state index < -0.39 is 83.0 Å². The average Bonchev–Trinajstić information content (AvgIpc) is 3.02. The summed E-state index contributed by atoms with van der Waals surface area (Å²) in [5.41, 5.74) is -0.621. The Bertz CT molecular complexity index is 1550.